The third-order valence-electron chi connectivity index (χ3n) is 1.55. The predicted octanol–water partition coefficient (Wildman–Crippen LogP) is 1.36. The van der Waals surface area contributed by atoms with Crippen LogP contribution in [0.15, 0.2) is 24.9 Å². The SMILES string of the molecule is C=Cc1cccnc1[C@@H](O)OC. The predicted molar refractivity (Wildman–Crippen MR) is 46.3 cm³/mol. The van der Waals surface area contributed by atoms with Gasteiger partial charge in [-0.25, -0.2) is 0 Å². The Morgan fingerprint density at radius 2 is 2.50 bits per heavy atom. The fourth-order valence-electron chi connectivity index (χ4n) is 0.921. The summed E-state index contributed by atoms with van der Waals surface area (Å²) in [4.78, 5) is 3.97. The van der Waals surface area contributed by atoms with Crippen molar-refractivity contribution in [1.29, 1.82) is 0 Å². The zero-order valence-corrected chi connectivity index (χ0v) is 6.90. The molecular weight excluding hydrogens is 154 g/mol. The van der Waals surface area contributed by atoms with Crippen LogP contribution in [0.25, 0.3) is 6.08 Å². The minimum Gasteiger partial charge on any atom is -0.363 e. The number of aliphatic hydroxyl groups excluding tert-OH is 1. The Labute approximate surface area is 71.3 Å². The van der Waals surface area contributed by atoms with Crippen LogP contribution in [0.1, 0.15) is 17.5 Å². The molecule has 1 atom stereocenters. The van der Waals surface area contributed by atoms with Crippen LogP contribution in [0.4, 0.5) is 0 Å². The maximum atomic E-state index is 9.31. The number of hydrogen-bond acceptors (Lipinski definition) is 3. The van der Waals surface area contributed by atoms with E-state index in [9.17, 15) is 5.11 Å². The van der Waals surface area contributed by atoms with Crippen molar-refractivity contribution in [3.63, 3.8) is 0 Å². The van der Waals surface area contributed by atoms with Gasteiger partial charge >= 0.3 is 0 Å². The van der Waals surface area contributed by atoms with Gasteiger partial charge in [-0.1, -0.05) is 18.7 Å². The van der Waals surface area contributed by atoms with Crippen molar-refractivity contribution in [3.05, 3.63) is 36.2 Å². The molecule has 0 radical (unpaired) electrons. The second-order valence-electron chi connectivity index (χ2n) is 2.27. The van der Waals surface area contributed by atoms with Gasteiger partial charge in [-0.15, -0.1) is 0 Å². The molecule has 0 aliphatic heterocycles. The summed E-state index contributed by atoms with van der Waals surface area (Å²) in [6.45, 7) is 3.60. The highest BCUT2D eigenvalue weighted by Gasteiger charge is 2.09. The van der Waals surface area contributed by atoms with Crippen molar-refractivity contribution in [2.24, 2.45) is 0 Å². The molecule has 1 N–H and O–H groups in total. The maximum absolute atomic E-state index is 9.31. The molecule has 0 unspecified atom stereocenters. The van der Waals surface area contributed by atoms with E-state index in [1.807, 2.05) is 6.07 Å². The van der Waals surface area contributed by atoms with E-state index in [2.05, 4.69) is 11.6 Å². The van der Waals surface area contributed by atoms with Gasteiger partial charge in [-0.05, 0) is 6.07 Å². The summed E-state index contributed by atoms with van der Waals surface area (Å²) >= 11 is 0. The van der Waals surface area contributed by atoms with E-state index >= 15 is 0 Å². The Hall–Kier alpha value is -1.19. The van der Waals surface area contributed by atoms with Crippen molar-refractivity contribution < 1.29 is 9.84 Å². The Balaban J connectivity index is 3.04. The fraction of sp³-hybridized carbons (Fsp3) is 0.222. The van der Waals surface area contributed by atoms with Crippen LogP contribution in [0.5, 0.6) is 0 Å². The zero-order valence-electron chi connectivity index (χ0n) is 6.90. The van der Waals surface area contributed by atoms with E-state index in [1.54, 1.807) is 18.3 Å². The second kappa shape index (κ2) is 3.99. The minimum atomic E-state index is -0.973. The minimum absolute atomic E-state index is 0.495. The van der Waals surface area contributed by atoms with E-state index in [0.717, 1.165) is 5.56 Å². The molecule has 0 aliphatic carbocycles. The molecule has 0 aliphatic rings. The van der Waals surface area contributed by atoms with E-state index in [0.29, 0.717) is 5.69 Å². The van der Waals surface area contributed by atoms with Gasteiger partial charge in [0.25, 0.3) is 0 Å². The van der Waals surface area contributed by atoms with E-state index in [4.69, 9.17) is 4.74 Å². The van der Waals surface area contributed by atoms with Crippen molar-refractivity contribution in [3.8, 4) is 0 Å². The van der Waals surface area contributed by atoms with Crippen LogP contribution in [0.3, 0.4) is 0 Å². The number of nitrogens with zero attached hydrogens (tertiary/aromatic N) is 1. The molecular formula is C9H11NO2. The summed E-state index contributed by atoms with van der Waals surface area (Å²) in [5, 5.41) is 9.31. The van der Waals surface area contributed by atoms with Gasteiger partial charge in [0.15, 0.2) is 6.29 Å². The van der Waals surface area contributed by atoms with Crippen molar-refractivity contribution in [2.75, 3.05) is 7.11 Å². The van der Waals surface area contributed by atoms with Gasteiger partial charge in [0.2, 0.25) is 0 Å². The first-order valence-electron chi connectivity index (χ1n) is 3.57. The molecule has 1 rings (SSSR count). The second-order valence-corrected chi connectivity index (χ2v) is 2.27. The Kier molecular flexibility index (Phi) is 2.96. The summed E-state index contributed by atoms with van der Waals surface area (Å²) < 4.78 is 4.72. The van der Waals surface area contributed by atoms with Gasteiger partial charge in [-0.2, -0.15) is 0 Å². The monoisotopic (exact) mass is 165 g/mol. The number of methoxy groups -OCH3 is 1. The summed E-state index contributed by atoms with van der Waals surface area (Å²) in [7, 11) is 1.42. The summed E-state index contributed by atoms with van der Waals surface area (Å²) in [5.41, 5.74) is 1.28. The standard InChI is InChI=1S/C9H11NO2/c1-3-7-5-4-6-10-8(7)9(11)12-2/h3-6,9,11H,1H2,2H3/t9-/m0/s1. The van der Waals surface area contributed by atoms with E-state index in [-0.39, 0.29) is 0 Å². The molecule has 0 amide bonds. The van der Waals surface area contributed by atoms with Gasteiger partial charge in [0.05, 0.1) is 0 Å². The smallest absolute Gasteiger partial charge is 0.198 e. The first-order chi connectivity index (χ1) is 5.79. The lowest BCUT2D eigenvalue weighted by Crippen LogP contribution is -2.04. The average molecular weight is 165 g/mol. The van der Waals surface area contributed by atoms with Crippen LogP contribution in [0, 0.1) is 0 Å². The van der Waals surface area contributed by atoms with Crippen molar-refractivity contribution in [1.82, 2.24) is 4.98 Å². The lowest BCUT2D eigenvalue weighted by atomic mass is 10.2. The van der Waals surface area contributed by atoms with Gasteiger partial charge in [0.1, 0.15) is 5.69 Å². The van der Waals surface area contributed by atoms with Crippen LogP contribution in [0.2, 0.25) is 0 Å². The third kappa shape index (κ3) is 1.69. The molecule has 0 spiro atoms. The van der Waals surface area contributed by atoms with E-state index in [1.165, 1.54) is 7.11 Å². The van der Waals surface area contributed by atoms with Crippen molar-refractivity contribution >= 4 is 6.08 Å². The molecule has 1 heterocycles. The maximum Gasteiger partial charge on any atom is 0.198 e. The van der Waals surface area contributed by atoms with Crippen LogP contribution in [-0.2, 0) is 4.74 Å². The van der Waals surface area contributed by atoms with Gasteiger partial charge in [-0.3, -0.25) is 4.98 Å². The molecule has 1 aromatic heterocycles. The molecule has 12 heavy (non-hydrogen) atoms. The summed E-state index contributed by atoms with van der Waals surface area (Å²) in [6.07, 6.45) is 2.26. The third-order valence-corrected chi connectivity index (χ3v) is 1.55. The fourth-order valence-corrected chi connectivity index (χ4v) is 0.921. The first kappa shape index (κ1) is 8.90. The summed E-state index contributed by atoms with van der Waals surface area (Å²) in [5.74, 6) is 0. The van der Waals surface area contributed by atoms with Crippen LogP contribution < -0.4 is 0 Å². The number of hydrogen-bond donors (Lipinski definition) is 1. The highest BCUT2D eigenvalue weighted by atomic mass is 16.6. The lowest BCUT2D eigenvalue weighted by Gasteiger charge is -2.09. The number of aromatic nitrogens is 1. The highest BCUT2D eigenvalue weighted by Crippen LogP contribution is 2.15. The molecule has 3 heteroatoms. The molecule has 0 aromatic carbocycles. The number of pyridine rings is 1. The average Bonchev–Trinajstić information content (AvgIpc) is 2.16. The Morgan fingerprint density at radius 3 is 3.08 bits per heavy atom. The largest absolute Gasteiger partial charge is 0.363 e. The molecule has 0 saturated carbocycles. The molecule has 0 fully saturated rings. The van der Waals surface area contributed by atoms with Crippen LogP contribution in [-0.4, -0.2) is 17.2 Å². The normalized spacial score (nSPS) is 12.5. The molecule has 0 saturated heterocycles. The van der Waals surface area contributed by atoms with Gasteiger partial charge < -0.3 is 9.84 Å². The number of aliphatic hydroxyl groups is 1. The molecule has 1 aromatic rings. The van der Waals surface area contributed by atoms with Crippen LogP contribution >= 0.6 is 0 Å². The number of ether oxygens (including phenoxy) is 1. The quantitative estimate of drug-likeness (QED) is 0.687. The molecule has 0 bridgehead atoms. The lowest BCUT2D eigenvalue weighted by molar-refractivity contribution is -0.0800. The Bertz CT molecular complexity index is 273. The zero-order chi connectivity index (χ0) is 8.97. The number of rotatable bonds is 3. The highest BCUT2D eigenvalue weighted by molar-refractivity contribution is 5.49. The Morgan fingerprint density at radius 1 is 1.75 bits per heavy atom. The topological polar surface area (TPSA) is 42.4 Å². The van der Waals surface area contributed by atoms with E-state index < -0.39 is 6.29 Å². The first-order valence-corrected chi connectivity index (χ1v) is 3.57. The summed E-state index contributed by atoms with van der Waals surface area (Å²) in [6, 6.07) is 3.60. The molecule has 3 nitrogen and oxygen atoms in total. The van der Waals surface area contributed by atoms with Gasteiger partial charge in [0, 0.05) is 18.9 Å². The molecule has 64 valence electrons. The van der Waals surface area contributed by atoms with Crippen molar-refractivity contribution in [2.45, 2.75) is 6.29 Å².